The first-order chi connectivity index (χ1) is 8.01. The second kappa shape index (κ2) is 7.18. The van der Waals surface area contributed by atoms with Gasteiger partial charge in [-0.3, -0.25) is 10.1 Å². The Morgan fingerprint density at radius 1 is 1.50 bits per heavy atom. The van der Waals surface area contributed by atoms with Crippen LogP contribution in [0.4, 0.5) is 5.69 Å². The van der Waals surface area contributed by atoms with Crippen molar-refractivity contribution in [1.29, 1.82) is 0 Å². The highest BCUT2D eigenvalue weighted by atomic mass is 35.5. The Bertz CT molecular complexity index is 412. The zero-order valence-electron chi connectivity index (χ0n) is 10.8. The molecule has 1 rings (SSSR count). The molecule has 18 heavy (non-hydrogen) atoms. The third kappa shape index (κ3) is 3.58. The van der Waals surface area contributed by atoms with Crippen LogP contribution in [0.2, 0.25) is 0 Å². The van der Waals surface area contributed by atoms with Crippen molar-refractivity contribution in [2.45, 2.75) is 26.3 Å². The molecular weight excluding hydrogens is 256 g/mol. The van der Waals surface area contributed by atoms with Gasteiger partial charge in [-0.05, 0) is 17.5 Å². The van der Waals surface area contributed by atoms with E-state index in [1.165, 1.54) is 13.2 Å². The minimum atomic E-state index is -0.453. The van der Waals surface area contributed by atoms with Crippen LogP contribution < -0.4 is 10.5 Å². The molecule has 2 atom stereocenters. The van der Waals surface area contributed by atoms with Crippen molar-refractivity contribution < 1.29 is 9.66 Å². The number of benzene rings is 1. The molecule has 5 nitrogen and oxygen atoms in total. The van der Waals surface area contributed by atoms with E-state index < -0.39 is 4.92 Å². The Hall–Kier alpha value is -1.33. The van der Waals surface area contributed by atoms with Crippen LogP contribution in [0.15, 0.2) is 18.2 Å². The highest BCUT2D eigenvalue weighted by Gasteiger charge is 2.20. The van der Waals surface area contributed by atoms with Crippen molar-refractivity contribution in [2.24, 2.45) is 11.7 Å². The minimum Gasteiger partial charge on any atom is -0.490 e. The van der Waals surface area contributed by atoms with Crippen molar-refractivity contribution in [3.63, 3.8) is 0 Å². The molecule has 0 fully saturated rings. The molecule has 0 aliphatic carbocycles. The predicted octanol–water partition coefficient (Wildman–Crippen LogP) is 3.07. The van der Waals surface area contributed by atoms with Gasteiger partial charge in [-0.1, -0.05) is 26.3 Å². The van der Waals surface area contributed by atoms with E-state index in [0.29, 0.717) is 0 Å². The lowest BCUT2D eigenvalue weighted by molar-refractivity contribution is -0.385. The third-order valence-electron chi connectivity index (χ3n) is 3.04. The van der Waals surface area contributed by atoms with Gasteiger partial charge >= 0.3 is 5.69 Å². The maximum atomic E-state index is 10.9. The SMILES string of the molecule is CCC(C)[C@@H](N)c1ccc(OC)c([N+](=O)[O-])c1.Cl. The molecule has 102 valence electrons. The molecule has 1 unspecified atom stereocenters. The molecule has 0 saturated heterocycles. The summed E-state index contributed by atoms with van der Waals surface area (Å²) in [5.74, 6) is 0.540. The summed E-state index contributed by atoms with van der Waals surface area (Å²) in [6.45, 7) is 4.07. The number of ether oxygens (including phenoxy) is 1. The minimum absolute atomic E-state index is 0. The summed E-state index contributed by atoms with van der Waals surface area (Å²) in [5.41, 5.74) is 6.78. The summed E-state index contributed by atoms with van der Waals surface area (Å²) in [6, 6.07) is 4.68. The number of nitrogens with two attached hydrogens (primary N) is 1. The van der Waals surface area contributed by atoms with Gasteiger partial charge < -0.3 is 10.5 Å². The van der Waals surface area contributed by atoms with Gasteiger partial charge in [-0.2, -0.15) is 0 Å². The lowest BCUT2D eigenvalue weighted by Crippen LogP contribution is -2.18. The summed E-state index contributed by atoms with van der Waals surface area (Å²) in [4.78, 5) is 10.4. The Morgan fingerprint density at radius 2 is 2.11 bits per heavy atom. The smallest absolute Gasteiger partial charge is 0.311 e. The van der Waals surface area contributed by atoms with Crippen LogP contribution in [0, 0.1) is 16.0 Å². The molecule has 1 aromatic carbocycles. The van der Waals surface area contributed by atoms with Crippen LogP contribution in [0.5, 0.6) is 5.75 Å². The van der Waals surface area contributed by atoms with Crippen molar-refractivity contribution in [1.82, 2.24) is 0 Å². The van der Waals surface area contributed by atoms with Crippen LogP contribution in [-0.4, -0.2) is 12.0 Å². The quantitative estimate of drug-likeness (QED) is 0.661. The van der Waals surface area contributed by atoms with Gasteiger partial charge in [0.15, 0.2) is 5.75 Å². The highest BCUT2D eigenvalue weighted by molar-refractivity contribution is 5.85. The third-order valence-corrected chi connectivity index (χ3v) is 3.04. The summed E-state index contributed by atoms with van der Waals surface area (Å²) in [5, 5.41) is 10.9. The van der Waals surface area contributed by atoms with E-state index in [1.54, 1.807) is 12.1 Å². The standard InChI is InChI=1S/C12H18N2O3.ClH/c1-4-8(2)12(13)9-5-6-11(17-3)10(7-9)14(15)16;/h5-8,12H,4,13H2,1-3H3;1H/t8?,12-;/m1./s1. The molecule has 0 amide bonds. The van der Waals surface area contributed by atoms with Gasteiger partial charge in [0, 0.05) is 12.1 Å². The molecule has 0 saturated carbocycles. The Kier molecular flexibility index (Phi) is 6.65. The van der Waals surface area contributed by atoms with Crippen molar-refractivity contribution in [3.05, 3.63) is 33.9 Å². The zero-order valence-corrected chi connectivity index (χ0v) is 11.6. The van der Waals surface area contributed by atoms with E-state index in [4.69, 9.17) is 10.5 Å². The van der Waals surface area contributed by atoms with Gasteiger partial charge in [-0.25, -0.2) is 0 Å². The van der Waals surface area contributed by atoms with Gasteiger partial charge in [0.2, 0.25) is 0 Å². The molecule has 0 spiro atoms. The number of nitro benzene ring substituents is 1. The van der Waals surface area contributed by atoms with E-state index in [2.05, 4.69) is 0 Å². The summed E-state index contributed by atoms with van der Waals surface area (Å²) in [7, 11) is 1.41. The van der Waals surface area contributed by atoms with Crippen molar-refractivity contribution in [2.75, 3.05) is 7.11 Å². The first kappa shape index (κ1) is 16.7. The molecule has 0 aromatic heterocycles. The van der Waals surface area contributed by atoms with Gasteiger partial charge in [0.25, 0.3) is 0 Å². The maximum Gasteiger partial charge on any atom is 0.311 e. The molecule has 6 heteroatoms. The van der Waals surface area contributed by atoms with E-state index in [9.17, 15) is 10.1 Å². The van der Waals surface area contributed by atoms with E-state index in [1.807, 2.05) is 13.8 Å². The topological polar surface area (TPSA) is 78.4 Å². The fourth-order valence-corrected chi connectivity index (χ4v) is 1.64. The fourth-order valence-electron chi connectivity index (χ4n) is 1.64. The van der Waals surface area contributed by atoms with Crippen molar-refractivity contribution in [3.8, 4) is 5.75 Å². The first-order valence-electron chi connectivity index (χ1n) is 5.59. The van der Waals surface area contributed by atoms with Gasteiger partial charge in [0.1, 0.15) is 0 Å². The average molecular weight is 275 g/mol. The number of halogens is 1. The molecule has 0 bridgehead atoms. The second-order valence-electron chi connectivity index (χ2n) is 4.10. The Balaban J connectivity index is 0.00000289. The van der Waals surface area contributed by atoms with E-state index in [-0.39, 0.29) is 35.8 Å². The van der Waals surface area contributed by atoms with Crippen LogP contribution in [-0.2, 0) is 0 Å². The summed E-state index contributed by atoms with van der Waals surface area (Å²) < 4.78 is 4.95. The molecule has 0 radical (unpaired) electrons. The molecule has 1 aromatic rings. The molecule has 0 heterocycles. The molecule has 2 N–H and O–H groups in total. The lowest BCUT2D eigenvalue weighted by atomic mass is 9.93. The van der Waals surface area contributed by atoms with Crippen LogP contribution >= 0.6 is 12.4 Å². The van der Waals surface area contributed by atoms with E-state index in [0.717, 1.165) is 12.0 Å². The van der Waals surface area contributed by atoms with Gasteiger partial charge in [-0.15, -0.1) is 12.4 Å². The lowest BCUT2D eigenvalue weighted by Gasteiger charge is -2.18. The van der Waals surface area contributed by atoms with Gasteiger partial charge in [0.05, 0.1) is 12.0 Å². The zero-order chi connectivity index (χ0) is 13.0. The number of nitro groups is 1. The van der Waals surface area contributed by atoms with Crippen molar-refractivity contribution >= 4 is 18.1 Å². The molecule has 0 aliphatic rings. The largest absolute Gasteiger partial charge is 0.490 e. The molecular formula is C12H19ClN2O3. The van der Waals surface area contributed by atoms with Crippen LogP contribution in [0.3, 0.4) is 0 Å². The summed E-state index contributed by atoms with van der Waals surface area (Å²) >= 11 is 0. The normalized spacial score (nSPS) is 13.3. The Morgan fingerprint density at radius 3 is 2.56 bits per heavy atom. The number of hydrogen-bond donors (Lipinski definition) is 1. The molecule has 0 aliphatic heterocycles. The predicted molar refractivity (Wildman–Crippen MR) is 73.3 cm³/mol. The van der Waals surface area contributed by atoms with Crippen LogP contribution in [0.25, 0.3) is 0 Å². The van der Waals surface area contributed by atoms with E-state index >= 15 is 0 Å². The monoisotopic (exact) mass is 274 g/mol. The van der Waals surface area contributed by atoms with Crippen LogP contribution in [0.1, 0.15) is 31.9 Å². The summed E-state index contributed by atoms with van der Waals surface area (Å²) in [6.07, 6.45) is 0.932. The maximum absolute atomic E-state index is 10.9. The number of methoxy groups -OCH3 is 1. The fraction of sp³-hybridized carbons (Fsp3) is 0.500. The highest BCUT2D eigenvalue weighted by Crippen LogP contribution is 2.31. The number of rotatable bonds is 5. The Labute approximate surface area is 113 Å². The number of hydrogen-bond acceptors (Lipinski definition) is 4. The second-order valence-corrected chi connectivity index (χ2v) is 4.10. The average Bonchev–Trinajstić information content (AvgIpc) is 2.35. The first-order valence-corrected chi connectivity index (χ1v) is 5.59. The number of nitrogens with zero attached hydrogens (tertiary/aromatic N) is 1.